The minimum Gasteiger partial charge on any atom is -0.480 e. The first-order chi connectivity index (χ1) is 9.90. The number of rotatable bonds is 8. The summed E-state index contributed by atoms with van der Waals surface area (Å²) in [5.74, 6) is -2.11. The molecule has 0 aliphatic heterocycles. The molecule has 21 heavy (non-hydrogen) atoms. The molecule has 0 aromatic heterocycles. The van der Waals surface area contributed by atoms with Gasteiger partial charge in [0.15, 0.2) is 0 Å². The summed E-state index contributed by atoms with van der Waals surface area (Å²) in [7, 11) is 0. The molecule has 1 aromatic rings. The van der Waals surface area contributed by atoms with E-state index in [1.54, 1.807) is 0 Å². The van der Waals surface area contributed by atoms with Crippen molar-refractivity contribution >= 4 is 17.8 Å². The van der Waals surface area contributed by atoms with Gasteiger partial charge in [-0.05, 0) is 30.9 Å². The minimum absolute atomic E-state index is 0.000765. The van der Waals surface area contributed by atoms with Crippen LogP contribution in [-0.2, 0) is 20.8 Å². The van der Waals surface area contributed by atoms with Crippen LogP contribution in [0.25, 0.3) is 0 Å². The lowest BCUT2D eigenvalue weighted by Crippen LogP contribution is -2.41. The van der Waals surface area contributed by atoms with Crippen LogP contribution in [0.15, 0.2) is 24.3 Å². The van der Waals surface area contributed by atoms with Crippen molar-refractivity contribution in [2.45, 2.75) is 38.6 Å². The summed E-state index contributed by atoms with van der Waals surface area (Å²) >= 11 is 0. The van der Waals surface area contributed by atoms with Crippen molar-refractivity contribution in [3.8, 4) is 0 Å². The smallest absolute Gasteiger partial charge is 0.326 e. The van der Waals surface area contributed by atoms with E-state index in [9.17, 15) is 14.4 Å². The molecule has 0 saturated heterocycles. The van der Waals surface area contributed by atoms with E-state index < -0.39 is 17.9 Å². The highest BCUT2D eigenvalue weighted by atomic mass is 16.4. The molecule has 0 fully saturated rings. The zero-order chi connectivity index (χ0) is 15.8. The van der Waals surface area contributed by atoms with E-state index in [4.69, 9.17) is 10.8 Å². The summed E-state index contributed by atoms with van der Waals surface area (Å²) in [6.45, 7) is 1.96. The molecule has 0 bridgehead atoms. The monoisotopic (exact) mass is 292 g/mol. The third-order valence-corrected chi connectivity index (χ3v) is 3.20. The Morgan fingerprint density at radius 3 is 2.48 bits per heavy atom. The number of nitrogens with two attached hydrogens (primary N) is 1. The van der Waals surface area contributed by atoms with Crippen molar-refractivity contribution < 1.29 is 19.5 Å². The summed E-state index contributed by atoms with van der Waals surface area (Å²) in [6.07, 6.45) is 0.668. The van der Waals surface area contributed by atoms with Gasteiger partial charge < -0.3 is 16.2 Å². The van der Waals surface area contributed by atoms with Gasteiger partial charge in [0.05, 0.1) is 0 Å². The standard InChI is InChI=1S/C15H20N2O4/c1-10-4-2-3-5-11(10)6-9-14(19)17-12(15(20)21)7-8-13(16)18/h2-5,12H,6-9H2,1H3,(H2,16,18)(H,17,19)(H,20,21)/t12-/m1/s1. The molecule has 1 aromatic carbocycles. The van der Waals surface area contributed by atoms with Gasteiger partial charge in [-0.2, -0.15) is 0 Å². The summed E-state index contributed by atoms with van der Waals surface area (Å²) in [4.78, 5) is 33.5. The van der Waals surface area contributed by atoms with Crippen molar-refractivity contribution in [2.75, 3.05) is 0 Å². The molecular formula is C15H20N2O4. The quantitative estimate of drug-likeness (QED) is 0.657. The molecule has 0 aliphatic carbocycles. The first-order valence-electron chi connectivity index (χ1n) is 6.75. The van der Waals surface area contributed by atoms with Gasteiger partial charge in [-0.25, -0.2) is 4.79 Å². The number of aryl methyl sites for hydroxylation is 2. The van der Waals surface area contributed by atoms with Crippen LogP contribution in [0.4, 0.5) is 0 Å². The number of carbonyl (C=O) groups excluding carboxylic acids is 2. The van der Waals surface area contributed by atoms with Gasteiger partial charge in [0.25, 0.3) is 0 Å². The maximum absolute atomic E-state index is 11.8. The Labute approximate surface area is 123 Å². The zero-order valence-electron chi connectivity index (χ0n) is 12.0. The number of carbonyl (C=O) groups is 3. The lowest BCUT2D eigenvalue weighted by Gasteiger charge is -2.14. The van der Waals surface area contributed by atoms with Crippen LogP contribution in [0.2, 0.25) is 0 Å². The Morgan fingerprint density at radius 1 is 1.24 bits per heavy atom. The second-order valence-electron chi connectivity index (χ2n) is 4.89. The largest absolute Gasteiger partial charge is 0.480 e. The van der Waals surface area contributed by atoms with Gasteiger partial charge in [0.2, 0.25) is 11.8 Å². The lowest BCUT2D eigenvalue weighted by atomic mass is 10.0. The lowest BCUT2D eigenvalue weighted by molar-refractivity contribution is -0.142. The third kappa shape index (κ3) is 6.07. The average molecular weight is 292 g/mol. The van der Waals surface area contributed by atoms with Crippen molar-refractivity contribution in [3.05, 3.63) is 35.4 Å². The van der Waals surface area contributed by atoms with E-state index in [1.807, 2.05) is 31.2 Å². The molecule has 0 saturated carbocycles. The van der Waals surface area contributed by atoms with Crippen LogP contribution >= 0.6 is 0 Å². The molecule has 6 nitrogen and oxygen atoms in total. The highest BCUT2D eigenvalue weighted by Crippen LogP contribution is 2.09. The third-order valence-electron chi connectivity index (χ3n) is 3.20. The molecule has 4 N–H and O–H groups in total. The number of amides is 2. The summed E-state index contributed by atoms with van der Waals surface area (Å²) in [6, 6.07) is 6.63. The molecule has 0 aliphatic rings. The number of benzene rings is 1. The van der Waals surface area contributed by atoms with E-state index in [2.05, 4.69) is 5.32 Å². The van der Waals surface area contributed by atoms with Gasteiger partial charge in [-0.3, -0.25) is 9.59 Å². The van der Waals surface area contributed by atoms with Crippen LogP contribution in [0.5, 0.6) is 0 Å². The van der Waals surface area contributed by atoms with Crippen molar-refractivity contribution in [1.29, 1.82) is 0 Å². The van der Waals surface area contributed by atoms with Crippen molar-refractivity contribution in [3.63, 3.8) is 0 Å². The molecule has 0 radical (unpaired) electrons. The number of hydrogen-bond donors (Lipinski definition) is 3. The van der Waals surface area contributed by atoms with Crippen LogP contribution in [0.3, 0.4) is 0 Å². The molecule has 114 valence electrons. The van der Waals surface area contributed by atoms with Crippen molar-refractivity contribution in [1.82, 2.24) is 5.32 Å². The molecule has 1 atom stereocenters. The Bertz CT molecular complexity index is 528. The fourth-order valence-electron chi connectivity index (χ4n) is 1.95. The van der Waals surface area contributed by atoms with E-state index in [0.717, 1.165) is 11.1 Å². The van der Waals surface area contributed by atoms with Gasteiger partial charge in [0.1, 0.15) is 6.04 Å². The SMILES string of the molecule is Cc1ccccc1CCC(=O)N[C@H](CCC(N)=O)C(=O)O. The first-order valence-corrected chi connectivity index (χ1v) is 6.75. The van der Waals surface area contributed by atoms with Crippen LogP contribution in [-0.4, -0.2) is 28.9 Å². The van der Waals surface area contributed by atoms with Gasteiger partial charge in [0, 0.05) is 12.8 Å². The molecule has 1 rings (SSSR count). The Hall–Kier alpha value is -2.37. The normalized spacial score (nSPS) is 11.7. The maximum atomic E-state index is 11.8. The molecule has 0 heterocycles. The number of nitrogens with one attached hydrogen (secondary N) is 1. The topological polar surface area (TPSA) is 109 Å². The second-order valence-corrected chi connectivity index (χ2v) is 4.89. The van der Waals surface area contributed by atoms with Gasteiger partial charge >= 0.3 is 5.97 Å². The fraction of sp³-hybridized carbons (Fsp3) is 0.400. The number of carboxylic acid groups (broad SMARTS) is 1. The summed E-state index contributed by atoms with van der Waals surface area (Å²) < 4.78 is 0. The predicted molar refractivity (Wildman–Crippen MR) is 77.5 cm³/mol. The van der Waals surface area contributed by atoms with Gasteiger partial charge in [-0.15, -0.1) is 0 Å². The van der Waals surface area contributed by atoms with Crippen LogP contribution in [0, 0.1) is 6.92 Å². The molecular weight excluding hydrogens is 272 g/mol. The predicted octanol–water partition coefficient (Wildman–Crippen LogP) is 0.763. The minimum atomic E-state index is -1.17. The van der Waals surface area contributed by atoms with E-state index in [-0.39, 0.29) is 25.2 Å². The molecule has 6 heteroatoms. The fourth-order valence-corrected chi connectivity index (χ4v) is 1.95. The number of hydrogen-bond acceptors (Lipinski definition) is 3. The molecule has 0 unspecified atom stereocenters. The zero-order valence-corrected chi connectivity index (χ0v) is 12.0. The highest BCUT2D eigenvalue weighted by molar-refractivity contribution is 5.84. The van der Waals surface area contributed by atoms with Gasteiger partial charge in [-0.1, -0.05) is 24.3 Å². The Morgan fingerprint density at radius 2 is 1.90 bits per heavy atom. The molecule has 2 amide bonds. The molecule has 0 spiro atoms. The average Bonchev–Trinajstić information content (AvgIpc) is 2.42. The van der Waals surface area contributed by atoms with E-state index in [1.165, 1.54) is 0 Å². The number of aliphatic carboxylic acids is 1. The Balaban J connectivity index is 2.49. The van der Waals surface area contributed by atoms with Crippen LogP contribution in [0.1, 0.15) is 30.4 Å². The number of primary amides is 1. The Kier molecular flexibility index (Phi) is 6.39. The number of carboxylic acids is 1. The van der Waals surface area contributed by atoms with E-state index in [0.29, 0.717) is 6.42 Å². The van der Waals surface area contributed by atoms with Crippen LogP contribution < -0.4 is 11.1 Å². The summed E-state index contributed by atoms with van der Waals surface area (Å²) in [5.41, 5.74) is 7.12. The maximum Gasteiger partial charge on any atom is 0.326 e. The highest BCUT2D eigenvalue weighted by Gasteiger charge is 2.20. The summed E-state index contributed by atoms with van der Waals surface area (Å²) in [5, 5.41) is 11.4. The van der Waals surface area contributed by atoms with E-state index >= 15 is 0 Å². The van der Waals surface area contributed by atoms with Crippen molar-refractivity contribution in [2.24, 2.45) is 5.73 Å². The second kappa shape index (κ2) is 8.04. The first kappa shape index (κ1) is 16.7.